The van der Waals surface area contributed by atoms with Crippen molar-refractivity contribution in [1.29, 1.82) is 0 Å². The number of nitrogens with zero attached hydrogens (tertiary/aromatic N) is 2. The molecule has 0 aliphatic rings. The van der Waals surface area contributed by atoms with Crippen molar-refractivity contribution >= 4 is 0 Å². The molecular weight excluding hydrogens is 247 g/mol. The number of rotatable bonds is 3. The summed E-state index contributed by atoms with van der Waals surface area (Å²) in [5.74, 6) is -0.326. The van der Waals surface area contributed by atoms with Crippen molar-refractivity contribution in [2.45, 2.75) is 26.9 Å². The molecule has 1 aromatic carbocycles. The summed E-state index contributed by atoms with van der Waals surface area (Å²) in [5, 5.41) is 0. The van der Waals surface area contributed by atoms with E-state index in [1.165, 1.54) is 29.0 Å². The number of hydrogen-bond donors (Lipinski definition) is 0. The zero-order valence-electron chi connectivity index (χ0n) is 10.9. The van der Waals surface area contributed by atoms with E-state index in [0.29, 0.717) is 6.54 Å². The fraction of sp³-hybridized carbons (Fsp3) is 0.286. The summed E-state index contributed by atoms with van der Waals surface area (Å²) in [4.78, 5) is 23.8. The van der Waals surface area contributed by atoms with Crippen molar-refractivity contribution in [1.82, 2.24) is 9.13 Å². The highest BCUT2D eigenvalue weighted by molar-refractivity contribution is 5.26. The van der Waals surface area contributed by atoms with Gasteiger partial charge in [0.1, 0.15) is 5.82 Å². The van der Waals surface area contributed by atoms with Crippen molar-refractivity contribution in [3.05, 3.63) is 68.2 Å². The van der Waals surface area contributed by atoms with Gasteiger partial charge in [0.15, 0.2) is 0 Å². The van der Waals surface area contributed by atoms with Crippen molar-refractivity contribution in [3.63, 3.8) is 0 Å². The molecule has 0 N–H and O–H groups in total. The number of aryl methyl sites for hydroxylation is 2. The number of aromatic nitrogens is 2. The summed E-state index contributed by atoms with van der Waals surface area (Å²) >= 11 is 0. The Morgan fingerprint density at radius 1 is 1.21 bits per heavy atom. The first-order valence-corrected chi connectivity index (χ1v) is 6.08. The van der Waals surface area contributed by atoms with Gasteiger partial charge in [-0.1, -0.05) is 6.07 Å². The fourth-order valence-electron chi connectivity index (χ4n) is 1.95. The van der Waals surface area contributed by atoms with Crippen LogP contribution in [-0.4, -0.2) is 9.13 Å². The molecule has 0 spiro atoms. The maximum atomic E-state index is 13.0. The third-order valence-electron chi connectivity index (χ3n) is 3.11. The quantitative estimate of drug-likeness (QED) is 0.842. The van der Waals surface area contributed by atoms with Gasteiger partial charge < -0.3 is 4.57 Å². The SMILES string of the molecule is CCn1ccc(=O)n(Cc2ccc(F)cc2C)c1=O. The van der Waals surface area contributed by atoms with E-state index < -0.39 is 0 Å². The molecule has 1 heterocycles. The van der Waals surface area contributed by atoms with Gasteiger partial charge in [0.25, 0.3) is 5.56 Å². The third kappa shape index (κ3) is 2.65. The molecule has 0 radical (unpaired) electrons. The fourth-order valence-corrected chi connectivity index (χ4v) is 1.95. The minimum Gasteiger partial charge on any atom is -0.301 e. The van der Waals surface area contributed by atoms with Gasteiger partial charge in [-0.05, 0) is 37.1 Å². The van der Waals surface area contributed by atoms with E-state index in [-0.39, 0.29) is 23.6 Å². The topological polar surface area (TPSA) is 44.0 Å². The lowest BCUT2D eigenvalue weighted by Crippen LogP contribution is -2.39. The molecule has 100 valence electrons. The molecule has 19 heavy (non-hydrogen) atoms. The van der Waals surface area contributed by atoms with Crippen LogP contribution in [0.4, 0.5) is 4.39 Å². The van der Waals surface area contributed by atoms with Gasteiger partial charge in [0.05, 0.1) is 6.54 Å². The Labute approximate surface area is 109 Å². The summed E-state index contributed by atoms with van der Waals surface area (Å²) in [6.45, 7) is 4.25. The zero-order chi connectivity index (χ0) is 14.0. The van der Waals surface area contributed by atoms with E-state index in [0.717, 1.165) is 15.7 Å². The Balaban J connectivity index is 2.49. The second-order valence-electron chi connectivity index (χ2n) is 4.38. The minimum atomic E-state index is -0.349. The molecule has 0 unspecified atom stereocenters. The van der Waals surface area contributed by atoms with E-state index in [9.17, 15) is 14.0 Å². The van der Waals surface area contributed by atoms with Gasteiger partial charge in [-0.3, -0.25) is 9.36 Å². The van der Waals surface area contributed by atoms with Crippen LogP contribution in [0, 0.1) is 12.7 Å². The minimum absolute atomic E-state index is 0.157. The highest BCUT2D eigenvalue weighted by Crippen LogP contribution is 2.10. The summed E-state index contributed by atoms with van der Waals surface area (Å²) in [7, 11) is 0. The number of benzene rings is 1. The summed E-state index contributed by atoms with van der Waals surface area (Å²) < 4.78 is 15.6. The van der Waals surface area contributed by atoms with Crippen molar-refractivity contribution < 1.29 is 4.39 Å². The van der Waals surface area contributed by atoms with Gasteiger partial charge in [-0.15, -0.1) is 0 Å². The predicted molar refractivity (Wildman–Crippen MR) is 70.9 cm³/mol. The van der Waals surface area contributed by atoms with Crippen molar-refractivity contribution in [2.75, 3.05) is 0 Å². The molecule has 0 atom stereocenters. The molecule has 0 aliphatic carbocycles. The second kappa shape index (κ2) is 5.22. The number of halogens is 1. The molecule has 0 saturated heterocycles. The maximum Gasteiger partial charge on any atom is 0.331 e. The summed E-state index contributed by atoms with van der Waals surface area (Å²) in [6.07, 6.45) is 1.48. The Morgan fingerprint density at radius 3 is 2.58 bits per heavy atom. The highest BCUT2D eigenvalue weighted by atomic mass is 19.1. The average molecular weight is 262 g/mol. The first-order chi connectivity index (χ1) is 9.02. The van der Waals surface area contributed by atoms with Crippen LogP contribution in [0.25, 0.3) is 0 Å². The predicted octanol–water partition coefficient (Wildman–Crippen LogP) is 1.53. The first-order valence-electron chi connectivity index (χ1n) is 6.08. The highest BCUT2D eigenvalue weighted by Gasteiger charge is 2.07. The lowest BCUT2D eigenvalue weighted by molar-refractivity contribution is 0.595. The molecule has 0 saturated carbocycles. The van der Waals surface area contributed by atoms with E-state index in [1.54, 1.807) is 13.0 Å². The van der Waals surface area contributed by atoms with Crippen LogP contribution >= 0.6 is 0 Å². The molecule has 0 bridgehead atoms. The lowest BCUT2D eigenvalue weighted by Gasteiger charge is -2.10. The number of hydrogen-bond acceptors (Lipinski definition) is 2. The molecule has 5 heteroatoms. The third-order valence-corrected chi connectivity index (χ3v) is 3.11. The second-order valence-corrected chi connectivity index (χ2v) is 4.38. The first kappa shape index (κ1) is 13.3. The van der Waals surface area contributed by atoms with Gasteiger partial charge >= 0.3 is 5.69 Å². The molecule has 2 rings (SSSR count). The molecule has 0 amide bonds. The molecular formula is C14H15FN2O2. The van der Waals surface area contributed by atoms with Crippen molar-refractivity contribution in [2.24, 2.45) is 0 Å². The van der Waals surface area contributed by atoms with Crippen LogP contribution in [0.15, 0.2) is 40.1 Å². The Hall–Kier alpha value is -2.17. The van der Waals surface area contributed by atoms with Gasteiger partial charge in [0, 0.05) is 18.8 Å². The lowest BCUT2D eigenvalue weighted by atomic mass is 10.1. The van der Waals surface area contributed by atoms with Gasteiger partial charge in [0.2, 0.25) is 0 Å². The smallest absolute Gasteiger partial charge is 0.301 e. The van der Waals surface area contributed by atoms with E-state index in [2.05, 4.69) is 0 Å². The van der Waals surface area contributed by atoms with E-state index in [1.807, 2.05) is 6.92 Å². The van der Waals surface area contributed by atoms with Gasteiger partial charge in [-0.25, -0.2) is 9.18 Å². The Kier molecular flexibility index (Phi) is 3.64. The molecule has 2 aromatic rings. The average Bonchev–Trinajstić information content (AvgIpc) is 2.37. The summed E-state index contributed by atoms with van der Waals surface area (Å²) in [6, 6.07) is 5.68. The normalized spacial score (nSPS) is 10.7. The largest absolute Gasteiger partial charge is 0.331 e. The molecule has 4 nitrogen and oxygen atoms in total. The maximum absolute atomic E-state index is 13.0. The zero-order valence-corrected chi connectivity index (χ0v) is 10.9. The van der Waals surface area contributed by atoms with Crippen LogP contribution in [0.1, 0.15) is 18.1 Å². The monoisotopic (exact) mass is 262 g/mol. The van der Waals surface area contributed by atoms with Crippen LogP contribution in [0.5, 0.6) is 0 Å². The van der Waals surface area contributed by atoms with Crippen LogP contribution in [0.2, 0.25) is 0 Å². The Bertz CT molecular complexity index is 716. The van der Waals surface area contributed by atoms with Crippen LogP contribution in [0.3, 0.4) is 0 Å². The van der Waals surface area contributed by atoms with E-state index in [4.69, 9.17) is 0 Å². The van der Waals surface area contributed by atoms with Crippen LogP contribution in [-0.2, 0) is 13.1 Å². The standard InChI is InChI=1S/C14H15FN2O2/c1-3-16-7-6-13(18)17(14(16)19)9-11-4-5-12(15)8-10(11)2/h4-8H,3,9H2,1-2H3. The molecule has 1 aromatic heterocycles. The molecule has 0 fully saturated rings. The van der Waals surface area contributed by atoms with Gasteiger partial charge in [-0.2, -0.15) is 0 Å². The van der Waals surface area contributed by atoms with E-state index >= 15 is 0 Å². The van der Waals surface area contributed by atoms with Crippen molar-refractivity contribution in [3.8, 4) is 0 Å². The molecule has 0 aliphatic heterocycles. The summed E-state index contributed by atoms with van der Waals surface area (Å²) in [5.41, 5.74) is 0.782. The Morgan fingerprint density at radius 2 is 1.95 bits per heavy atom. The van der Waals surface area contributed by atoms with Crippen LogP contribution < -0.4 is 11.2 Å².